The number of halogens is 1. The minimum absolute atomic E-state index is 0.279. The summed E-state index contributed by atoms with van der Waals surface area (Å²) in [6.07, 6.45) is 0. The summed E-state index contributed by atoms with van der Waals surface area (Å²) < 4.78 is 13.4. The van der Waals surface area contributed by atoms with Gasteiger partial charge in [-0.15, -0.1) is 11.8 Å². The maximum Gasteiger partial charge on any atom is 0.165 e. The molecule has 0 unspecified atom stereocenters. The molecule has 132 valence electrons. The Bertz CT molecular complexity index is 713. The normalized spacial score (nSPS) is 23.9. The first kappa shape index (κ1) is 16.9. The Morgan fingerprint density at radius 1 is 0.960 bits per heavy atom. The minimum atomic E-state index is -0.542. The third-order valence-electron chi connectivity index (χ3n) is 5.22. The molecule has 0 bridgehead atoms. The second kappa shape index (κ2) is 7.36. The highest BCUT2D eigenvalue weighted by Gasteiger charge is 2.39. The van der Waals surface area contributed by atoms with E-state index < -0.39 is 5.82 Å². The monoisotopic (exact) mass is 358 g/mol. The number of hydrogen-bond acceptors (Lipinski definition) is 4. The van der Waals surface area contributed by atoms with Crippen LogP contribution in [0.25, 0.3) is 0 Å². The number of phenolic OH excluding ortho intramolecular Hbond substituents is 1. The minimum Gasteiger partial charge on any atom is -0.505 e. The number of nitrogens with zero attached hydrogens (tertiary/aromatic N) is 2. The second-order valence-corrected chi connectivity index (χ2v) is 8.14. The molecule has 2 aliphatic rings. The zero-order valence-electron chi connectivity index (χ0n) is 14.1. The topological polar surface area (TPSA) is 26.7 Å². The summed E-state index contributed by atoms with van der Waals surface area (Å²) in [5.41, 5.74) is 1.39. The van der Waals surface area contributed by atoms with Crippen LogP contribution in [0.4, 0.5) is 4.39 Å². The Labute approximate surface area is 152 Å². The lowest BCUT2D eigenvalue weighted by Crippen LogP contribution is -2.28. The predicted molar refractivity (Wildman–Crippen MR) is 99.1 cm³/mol. The van der Waals surface area contributed by atoms with Crippen molar-refractivity contribution >= 4 is 11.8 Å². The first-order valence-corrected chi connectivity index (χ1v) is 9.76. The third-order valence-corrected chi connectivity index (χ3v) is 6.30. The Balaban J connectivity index is 1.26. The van der Waals surface area contributed by atoms with Gasteiger partial charge < -0.3 is 5.11 Å². The first-order valence-electron chi connectivity index (χ1n) is 8.77. The van der Waals surface area contributed by atoms with Crippen LogP contribution in [0.5, 0.6) is 5.75 Å². The maximum absolute atomic E-state index is 13.4. The molecular formula is C20H23FN2OS. The van der Waals surface area contributed by atoms with Crippen molar-refractivity contribution in [1.82, 2.24) is 9.80 Å². The number of hydrogen-bond donors (Lipinski definition) is 1. The summed E-state index contributed by atoms with van der Waals surface area (Å²) in [7, 11) is 0. The van der Waals surface area contributed by atoms with Crippen molar-refractivity contribution in [1.29, 1.82) is 0 Å². The average Bonchev–Trinajstić information content (AvgIpc) is 3.15. The van der Waals surface area contributed by atoms with Gasteiger partial charge in [0.15, 0.2) is 11.6 Å². The molecule has 4 rings (SSSR count). The van der Waals surface area contributed by atoms with Gasteiger partial charge in [-0.3, -0.25) is 9.80 Å². The zero-order chi connectivity index (χ0) is 17.2. The second-order valence-electron chi connectivity index (χ2n) is 7.12. The van der Waals surface area contributed by atoms with Gasteiger partial charge >= 0.3 is 0 Å². The first-order chi connectivity index (χ1) is 12.2. The maximum atomic E-state index is 13.4. The lowest BCUT2D eigenvalue weighted by molar-refractivity contribution is 0.268. The van der Waals surface area contributed by atoms with Crippen LogP contribution in [0.15, 0.2) is 53.4 Å². The number of thioether (sulfide) groups is 1. The van der Waals surface area contributed by atoms with E-state index in [0.717, 1.165) is 42.2 Å². The van der Waals surface area contributed by atoms with E-state index in [1.807, 2.05) is 0 Å². The van der Waals surface area contributed by atoms with E-state index in [4.69, 9.17) is 0 Å². The van der Waals surface area contributed by atoms with Gasteiger partial charge in [-0.2, -0.15) is 0 Å². The van der Waals surface area contributed by atoms with Crippen LogP contribution in [-0.2, 0) is 6.54 Å². The highest BCUT2D eigenvalue weighted by Crippen LogP contribution is 2.34. The van der Waals surface area contributed by atoms with Crippen LogP contribution >= 0.6 is 11.8 Å². The lowest BCUT2D eigenvalue weighted by atomic mass is 10.0. The van der Waals surface area contributed by atoms with Gasteiger partial charge in [0.1, 0.15) is 0 Å². The Morgan fingerprint density at radius 2 is 1.64 bits per heavy atom. The summed E-state index contributed by atoms with van der Waals surface area (Å²) in [4.78, 5) is 5.92. The average molecular weight is 358 g/mol. The summed E-state index contributed by atoms with van der Waals surface area (Å²) >= 11 is 1.64. The molecule has 2 atom stereocenters. The van der Waals surface area contributed by atoms with Crippen molar-refractivity contribution in [2.45, 2.75) is 11.4 Å². The predicted octanol–water partition coefficient (Wildman–Crippen LogP) is 3.64. The molecule has 2 heterocycles. The van der Waals surface area contributed by atoms with Gasteiger partial charge in [0.25, 0.3) is 0 Å². The smallest absolute Gasteiger partial charge is 0.165 e. The highest BCUT2D eigenvalue weighted by molar-refractivity contribution is 7.99. The van der Waals surface area contributed by atoms with Gasteiger partial charge in [0.05, 0.1) is 0 Å². The summed E-state index contributed by atoms with van der Waals surface area (Å²) in [5.74, 6) is 1.57. The quantitative estimate of drug-likeness (QED) is 0.826. The molecule has 2 aliphatic heterocycles. The molecule has 0 aromatic heterocycles. The molecular weight excluding hydrogens is 335 g/mol. The molecule has 0 amide bonds. The molecule has 0 radical (unpaired) electrons. The molecule has 5 heteroatoms. The molecule has 1 N–H and O–H groups in total. The van der Waals surface area contributed by atoms with Gasteiger partial charge in [0.2, 0.25) is 0 Å². The van der Waals surface area contributed by atoms with Crippen LogP contribution in [-0.4, -0.2) is 47.0 Å². The van der Waals surface area contributed by atoms with Crippen LogP contribution < -0.4 is 0 Å². The van der Waals surface area contributed by atoms with E-state index >= 15 is 0 Å². The van der Waals surface area contributed by atoms with Crippen LogP contribution in [0.2, 0.25) is 0 Å². The summed E-state index contributed by atoms with van der Waals surface area (Å²) in [5, 5.41) is 9.26. The largest absolute Gasteiger partial charge is 0.505 e. The zero-order valence-corrected chi connectivity index (χ0v) is 15.0. The fourth-order valence-electron chi connectivity index (χ4n) is 4.01. The van der Waals surface area contributed by atoms with Crippen molar-refractivity contribution in [2.75, 3.05) is 32.1 Å². The molecule has 3 nitrogen and oxygen atoms in total. The van der Waals surface area contributed by atoms with Crippen LogP contribution in [0.1, 0.15) is 5.56 Å². The van der Waals surface area contributed by atoms with Gasteiger partial charge in [-0.1, -0.05) is 30.3 Å². The number of phenols is 1. The van der Waals surface area contributed by atoms with Crippen LogP contribution in [0.3, 0.4) is 0 Å². The van der Waals surface area contributed by atoms with E-state index in [1.165, 1.54) is 30.8 Å². The number of rotatable bonds is 5. The van der Waals surface area contributed by atoms with E-state index in [0.29, 0.717) is 0 Å². The fourth-order valence-corrected chi connectivity index (χ4v) is 4.90. The molecule has 0 spiro atoms. The molecule has 2 aromatic carbocycles. The molecule has 0 saturated carbocycles. The lowest BCUT2D eigenvalue weighted by Gasteiger charge is -2.21. The van der Waals surface area contributed by atoms with Crippen molar-refractivity contribution in [3.05, 3.63) is 59.9 Å². The number of aromatic hydroxyl groups is 1. The van der Waals surface area contributed by atoms with E-state index in [9.17, 15) is 9.50 Å². The standard InChI is InChI=1S/C20H23FN2OS/c21-19-8-18(6-7-20(19)24)25-14-23-12-16-10-22(11-17(16)13-23)9-15-4-2-1-3-5-15/h1-8,16-17,24H,9-14H2/t16-,17+. The SMILES string of the molecule is Oc1ccc(SCN2C[C@@H]3CN(Cc4ccccc4)C[C@@H]3C2)cc1F. The molecule has 2 saturated heterocycles. The molecule has 2 fully saturated rings. The summed E-state index contributed by atoms with van der Waals surface area (Å²) in [6, 6.07) is 15.3. The van der Waals surface area contributed by atoms with E-state index in [-0.39, 0.29) is 5.75 Å². The molecule has 0 aliphatic carbocycles. The Kier molecular flexibility index (Phi) is 4.97. The van der Waals surface area contributed by atoms with E-state index in [2.05, 4.69) is 40.1 Å². The third kappa shape index (κ3) is 4.00. The van der Waals surface area contributed by atoms with Crippen molar-refractivity contribution in [3.63, 3.8) is 0 Å². The fraction of sp³-hybridized carbons (Fsp3) is 0.400. The Hall–Kier alpha value is -1.56. The number of fused-ring (bicyclic) bond motifs is 1. The van der Waals surface area contributed by atoms with Crippen molar-refractivity contribution in [3.8, 4) is 5.75 Å². The van der Waals surface area contributed by atoms with Gasteiger partial charge in [0, 0.05) is 43.5 Å². The highest BCUT2D eigenvalue weighted by atomic mass is 32.2. The van der Waals surface area contributed by atoms with Gasteiger partial charge in [-0.25, -0.2) is 4.39 Å². The summed E-state index contributed by atoms with van der Waals surface area (Å²) in [6.45, 7) is 5.66. The van der Waals surface area contributed by atoms with Gasteiger partial charge in [-0.05, 0) is 35.6 Å². The van der Waals surface area contributed by atoms with Crippen molar-refractivity contribution in [2.24, 2.45) is 11.8 Å². The Morgan fingerprint density at radius 3 is 2.32 bits per heavy atom. The number of likely N-dealkylation sites (tertiary alicyclic amines) is 2. The van der Waals surface area contributed by atoms with E-state index in [1.54, 1.807) is 17.8 Å². The molecule has 2 aromatic rings. The molecule has 25 heavy (non-hydrogen) atoms. The number of benzene rings is 2. The van der Waals surface area contributed by atoms with Crippen LogP contribution in [0, 0.1) is 17.7 Å². The van der Waals surface area contributed by atoms with Crippen molar-refractivity contribution < 1.29 is 9.50 Å².